The van der Waals surface area contributed by atoms with Crippen LogP contribution in [0.1, 0.15) is 18.4 Å². The quantitative estimate of drug-likeness (QED) is 0.265. The standard InChI is InChI=1S/C27H27BrClN5O3/c28-21-14-31-34-25(12-23(32-27(21)34)20-8-2-3-9-22(20)29)30-13-18-6-5-11-33(15-18)16-19-7-1-4-10-24(19)37-17-26(35)36/h1-4,7-10,12,14,18,30H,5-6,11,13,15-17H2,(H,35,36). The predicted octanol–water partition coefficient (Wildman–Crippen LogP) is 5.60. The fraction of sp³-hybridized carbons (Fsp3) is 0.296. The molecule has 1 aliphatic heterocycles. The Morgan fingerprint density at radius 2 is 2.03 bits per heavy atom. The number of aliphatic carboxylic acids is 1. The molecule has 2 aromatic carbocycles. The Hall–Kier alpha value is -3.14. The number of carbonyl (C=O) groups is 1. The van der Waals surface area contributed by atoms with E-state index in [0.717, 1.165) is 65.2 Å². The topological polar surface area (TPSA) is 92.0 Å². The molecular formula is C27H27BrClN5O3. The highest BCUT2D eigenvalue weighted by Gasteiger charge is 2.22. The summed E-state index contributed by atoms with van der Waals surface area (Å²) in [5.41, 5.74) is 3.38. The molecule has 1 fully saturated rings. The van der Waals surface area contributed by atoms with E-state index in [1.165, 1.54) is 0 Å². The molecule has 1 aliphatic rings. The second kappa shape index (κ2) is 11.5. The van der Waals surface area contributed by atoms with Crippen molar-refractivity contribution in [1.29, 1.82) is 0 Å². The van der Waals surface area contributed by atoms with Crippen LogP contribution in [0, 0.1) is 5.92 Å². The van der Waals surface area contributed by atoms with E-state index in [9.17, 15) is 4.79 Å². The molecule has 0 spiro atoms. The van der Waals surface area contributed by atoms with Gasteiger partial charge in [-0.1, -0.05) is 48.0 Å². The number of piperidine rings is 1. The van der Waals surface area contributed by atoms with Crippen molar-refractivity contribution in [3.05, 3.63) is 75.9 Å². The third-order valence-electron chi connectivity index (χ3n) is 6.47. The van der Waals surface area contributed by atoms with E-state index in [-0.39, 0.29) is 6.61 Å². The monoisotopic (exact) mass is 583 g/mol. The Morgan fingerprint density at radius 3 is 2.86 bits per heavy atom. The van der Waals surface area contributed by atoms with Crippen molar-refractivity contribution < 1.29 is 14.6 Å². The van der Waals surface area contributed by atoms with Crippen molar-refractivity contribution in [1.82, 2.24) is 19.5 Å². The Balaban J connectivity index is 1.29. The van der Waals surface area contributed by atoms with Gasteiger partial charge in [-0.2, -0.15) is 9.61 Å². The number of fused-ring (bicyclic) bond motifs is 1. The summed E-state index contributed by atoms with van der Waals surface area (Å²) in [5, 5.41) is 17.7. The zero-order chi connectivity index (χ0) is 25.8. The summed E-state index contributed by atoms with van der Waals surface area (Å²) in [6.07, 6.45) is 3.96. The minimum Gasteiger partial charge on any atom is -0.482 e. The van der Waals surface area contributed by atoms with Gasteiger partial charge in [-0.05, 0) is 53.4 Å². The zero-order valence-corrected chi connectivity index (χ0v) is 22.5. The first-order chi connectivity index (χ1) is 18.0. The number of nitrogens with zero attached hydrogens (tertiary/aromatic N) is 4. The van der Waals surface area contributed by atoms with Gasteiger partial charge in [-0.15, -0.1) is 0 Å². The van der Waals surface area contributed by atoms with E-state index in [1.807, 2.05) is 54.6 Å². The van der Waals surface area contributed by atoms with Crippen LogP contribution in [0.3, 0.4) is 0 Å². The Morgan fingerprint density at radius 1 is 1.22 bits per heavy atom. The zero-order valence-electron chi connectivity index (χ0n) is 20.1. The molecule has 1 unspecified atom stereocenters. The number of hydrogen-bond acceptors (Lipinski definition) is 6. The van der Waals surface area contributed by atoms with Crippen molar-refractivity contribution in [2.75, 3.05) is 31.6 Å². The number of ether oxygens (including phenoxy) is 1. The van der Waals surface area contributed by atoms with Crippen LogP contribution in [0.5, 0.6) is 5.75 Å². The molecule has 2 aromatic heterocycles. The summed E-state index contributed by atoms with van der Waals surface area (Å²) in [6, 6.07) is 17.3. The van der Waals surface area contributed by atoms with E-state index >= 15 is 0 Å². The summed E-state index contributed by atoms with van der Waals surface area (Å²) < 4.78 is 8.13. The molecule has 5 rings (SSSR count). The van der Waals surface area contributed by atoms with Crippen LogP contribution in [0.25, 0.3) is 16.9 Å². The van der Waals surface area contributed by atoms with E-state index in [4.69, 9.17) is 26.4 Å². The number of likely N-dealkylation sites (tertiary alicyclic amines) is 1. The number of carboxylic acid groups (broad SMARTS) is 1. The summed E-state index contributed by atoms with van der Waals surface area (Å²) in [6.45, 7) is 3.07. The van der Waals surface area contributed by atoms with Crippen LogP contribution < -0.4 is 10.1 Å². The maximum Gasteiger partial charge on any atom is 0.341 e. The molecule has 1 saturated heterocycles. The van der Waals surface area contributed by atoms with Crippen LogP contribution in [0.15, 0.2) is 65.3 Å². The first kappa shape index (κ1) is 25.5. The highest BCUT2D eigenvalue weighted by molar-refractivity contribution is 9.10. The molecule has 192 valence electrons. The number of nitrogens with one attached hydrogen (secondary N) is 1. The molecule has 0 aliphatic carbocycles. The predicted molar refractivity (Wildman–Crippen MR) is 147 cm³/mol. The lowest BCUT2D eigenvalue weighted by Crippen LogP contribution is -2.37. The molecular weight excluding hydrogens is 558 g/mol. The van der Waals surface area contributed by atoms with Crippen LogP contribution >= 0.6 is 27.5 Å². The number of rotatable bonds is 9. The minimum atomic E-state index is -0.981. The second-order valence-corrected chi connectivity index (χ2v) is 10.4. The first-order valence-corrected chi connectivity index (χ1v) is 13.3. The molecule has 0 amide bonds. The molecule has 1 atom stereocenters. The third-order valence-corrected chi connectivity index (χ3v) is 7.36. The van der Waals surface area contributed by atoms with Gasteiger partial charge >= 0.3 is 5.97 Å². The summed E-state index contributed by atoms with van der Waals surface area (Å²) in [5.74, 6) is 0.939. The molecule has 37 heavy (non-hydrogen) atoms. The third kappa shape index (κ3) is 6.06. The van der Waals surface area contributed by atoms with Gasteiger partial charge in [0.25, 0.3) is 0 Å². The van der Waals surface area contributed by atoms with E-state index in [2.05, 4.69) is 31.2 Å². The highest BCUT2D eigenvalue weighted by atomic mass is 79.9. The lowest BCUT2D eigenvalue weighted by molar-refractivity contribution is -0.139. The molecule has 4 aromatic rings. The summed E-state index contributed by atoms with van der Waals surface area (Å²) >= 11 is 10.0. The smallest absolute Gasteiger partial charge is 0.341 e. The Kier molecular flexibility index (Phi) is 7.93. The van der Waals surface area contributed by atoms with Crippen molar-refractivity contribution in [3.63, 3.8) is 0 Å². The van der Waals surface area contributed by atoms with Crippen LogP contribution in [-0.2, 0) is 11.3 Å². The average molecular weight is 585 g/mol. The van der Waals surface area contributed by atoms with Gasteiger partial charge in [-0.3, -0.25) is 4.90 Å². The van der Waals surface area contributed by atoms with E-state index in [0.29, 0.717) is 23.2 Å². The molecule has 10 heteroatoms. The normalized spacial score (nSPS) is 16.1. The lowest BCUT2D eigenvalue weighted by Gasteiger charge is -2.33. The number of benzene rings is 2. The summed E-state index contributed by atoms with van der Waals surface area (Å²) in [4.78, 5) is 18.1. The Bertz CT molecular complexity index is 1410. The Labute approximate surface area is 228 Å². The number of hydrogen-bond donors (Lipinski definition) is 2. The molecule has 2 N–H and O–H groups in total. The molecule has 0 radical (unpaired) electrons. The van der Waals surface area contributed by atoms with Crippen molar-refractivity contribution in [2.45, 2.75) is 19.4 Å². The molecule has 3 heterocycles. The number of halogens is 2. The SMILES string of the molecule is O=C(O)COc1ccccc1CN1CCCC(CNc2cc(-c3ccccc3Cl)nc3c(Br)cnn23)C1. The molecule has 0 saturated carbocycles. The van der Waals surface area contributed by atoms with Gasteiger partial charge in [0.15, 0.2) is 12.3 Å². The van der Waals surface area contributed by atoms with E-state index < -0.39 is 5.97 Å². The lowest BCUT2D eigenvalue weighted by atomic mass is 9.97. The van der Waals surface area contributed by atoms with Gasteiger partial charge in [-0.25, -0.2) is 9.78 Å². The van der Waals surface area contributed by atoms with Crippen LogP contribution in [0.4, 0.5) is 5.82 Å². The van der Waals surface area contributed by atoms with Gasteiger partial charge in [0.1, 0.15) is 11.6 Å². The number of carboxylic acids is 1. The van der Waals surface area contributed by atoms with Gasteiger partial charge < -0.3 is 15.2 Å². The van der Waals surface area contributed by atoms with Crippen molar-refractivity contribution >= 4 is 45.0 Å². The fourth-order valence-corrected chi connectivity index (χ4v) is 5.32. The largest absolute Gasteiger partial charge is 0.482 e. The van der Waals surface area contributed by atoms with E-state index in [1.54, 1.807) is 10.7 Å². The number of para-hydroxylation sites is 1. The van der Waals surface area contributed by atoms with Gasteiger partial charge in [0.05, 0.1) is 16.4 Å². The number of anilines is 1. The first-order valence-electron chi connectivity index (χ1n) is 12.2. The van der Waals surface area contributed by atoms with Crippen molar-refractivity contribution in [3.8, 4) is 17.0 Å². The van der Waals surface area contributed by atoms with Crippen molar-refractivity contribution in [2.24, 2.45) is 5.92 Å². The van der Waals surface area contributed by atoms with Gasteiger partial charge in [0, 0.05) is 41.9 Å². The van der Waals surface area contributed by atoms with Crippen LogP contribution in [0.2, 0.25) is 5.02 Å². The highest BCUT2D eigenvalue weighted by Crippen LogP contribution is 2.31. The summed E-state index contributed by atoms with van der Waals surface area (Å²) in [7, 11) is 0. The number of aromatic nitrogens is 3. The molecule has 0 bridgehead atoms. The van der Waals surface area contributed by atoms with Gasteiger partial charge in [0.2, 0.25) is 0 Å². The maximum atomic E-state index is 10.9. The fourth-order valence-electron chi connectivity index (χ4n) is 4.73. The average Bonchev–Trinajstić information content (AvgIpc) is 3.28. The second-order valence-electron chi connectivity index (χ2n) is 9.15. The molecule has 8 nitrogen and oxygen atoms in total. The van der Waals surface area contributed by atoms with Crippen LogP contribution in [-0.4, -0.2) is 56.8 Å². The maximum absolute atomic E-state index is 10.9. The minimum absolute atomic E-state index is 0.344.